The van der Waals surface area contributed by atoms with Crippen LogP contribution < -0.4 is 14.8 Å². The zero-order valence-corrected chi connectivity index (χ0v) is 13.8. The Morgan fingerprint density at radius 1 is 1.28 bits per heavy atom. The lowest BCUT2D eigenvalue weighted by Crippen LogP contribution is -2.26. The van der Waals surface area contributed by atoms with E-state index in [4.69, 9.17) is 9.47 Å². The van der Waals surface area contributed by atoms with Gasteiger partial charge < -0.3 is 14.8 Å². The molecule has 1 aliphatic heterocycles. The first-order valence-corrected chi connectivity index (χ1v) is 8.21. The summed E-state index contributed by atoms with van der Waals surface area (Å²) in [6.45, 7) is 3.21. The van der Waals surface area contributed by atoms with E-state index in [1.807, 2.05) is 25.1 Å². The van der Waals surface area contributed by atoms with E-state index in [0.29, 0.717) is 30.2 Å². The van der Waals surface area contributed by atoms with Crippen molar-refractivity contribution in [3.8, 4) is 11.5 Å². The van der Waals surface area contributed by atoms with E-state index in [2.05, 4.69) is 15.4 Å². The van der Waals surface area contributed by atoms with E-state index in [1.54, 1.807) is 23.0 Å². The number of nitrogens with zero attached hydrogens (tertiary/aromatic N) is 3. The van der Waals surface area contributed by atoms with Gasteiger partial charge in [0.1, 0.15) is 5.56 Å². The molecule has 0 fully saturated rings. The molecule has 0 radical (unpaired) electrons. The number of benzene rings is 1. The number of carbonyl (C=O) groups excluding carboxylic acids is 1. The van der Waals surface area contributed by atoms with Crippen LogP contribution in [0.3, 0.4) is 0 Å². The fraction of sp³-hybridized carbons (Fsp3) is 0.278. The first-order valence-electron chi connectivity index (χ1n) is 8.21. The predicted octanol–water partition coefficient (Wildman–Crippen LogP) is 2.38. The SMILES string of the molecule is C[C@@H](NC(=O)c1cnn2cccnc12)c1ccc2c(c1)OCCCO2. The van der Waals surface area contributed by atoms with Crippen LogP contribution >= 0.6 is 0 Å². The number of ether oxygens (including phenoxy) is 2. The van der Waals surface area contributed by atoms with Crippen molar-refractivity contribution in [2.75, 3.05) is 13.2 Å². The third kappa shape index (κ3) is 3.00. The number of carbonyl (C=O) groups is 1. The average Bonchev–Trinajstić information content (AvgIpc) is 2.92. The quantitative estimate of drug-likeness (QED) is 0.793. The molecule has 0 spiro atoms. The summed E-state index contributed by atoms with van der Waals surface area (Å²) in [6.07, 6.45) is 5.78. The number of nitrogens with one attached hydrogen (secondary N) is 1. The second-order valence-corrected chi connectivity index (χ2v) is 5.90. The summed E-state index contributed by atoms with van der Waals surface area (Å²) in [7, 11) is 0. The van der Waals surface area contributed by atoms with Gasteiger partial charge in [0.15, 0.2) is 17.1 Å². The molecule has 1 aliphatic rings. The van der Waals surface area contributed by atoms with E-state index >= 15 is 0 Å². The predicted molar refractivity (Wildman–Crippen MR) is 90.9 cm³/mol. The van der Waals surface area contributed by atoms with Crippen LogP contribution in [0.1, 0.15) is 35.3 Å². The zero-order valence-electron chi connectivity index (χ0n) is 13.8. The number of aromatic nitrogens is 3. The molecule has 3 aromatic rings. The maximum Gasteiger partial charge on any atom is 0.257 e. The van der Waals surface area contributed by atoms with Crippen LogP contribution in [0, 0.1) is 0 Å². The molecule has 7 nitrogen and oxygen atoms in total. The van der Waals surface area contributed by atoms with E-state index < -0.39 is 0 Å². The first kappa shape index (κ1) is 15.4. The number of hydrogen-bond donors (Lipinski definition) is 1. The molecule has 0 unspecified atom stereocenters. The molecule has 25 heavy (non-hydrogen) atoms. The molecule has 0 saturated heterocycles. The Balaban J connectivity index is 1.54. The standard InChI is InChI=1S/C18H18N4O3/c1-12(13-4-5-15-16(10-13)25-9-3-8-24-15)21-18(23)14-11-20-22-7-2-6-19-17(14)22/h2,4-7,10-12H,3,8-9H2,1H3,(H,21,23)/t12-/m1/s1. The van der Waals surface area contributed by atoms with Crippen molar-refractivity contribution in [3.05, 3.63) is 54.0 Å². The minimum Gasteiger partial charge on any atom is -0.490 e. The van der Waals surface area contributed by atoms with Gasteiger partial charge in [0.25, 0.3) is 5.91 Å². The molecule has 0 aliphatic carbocycles. The highest BCUT2D eigenvalue weighted by atomic mass is 16.5. The molecule has 1 aromatic carbocycles. The summed E-state index contributed by atoms with van der Waals surface area (Å²) in [6, 6.07) is 7.31. The third-order valence-electron chi connectivity index (χ3n) is 4.14. The summed E-state index contributed by atoms with van der Waals surface area (Å²) in [5, 5.41) is 7.13. The van der Waals surface area contributed by atoms with Gasteiger partial charge in [-0.2, -0.15) is 5.10 Å². The van der Waals surface area contributed by atoms with Crippen molar-refractivity contribution in [2.24, 2.45) is 0 Å². The van der Waals surface area contributed by atoms with Crippen LogP contribution in [0.4, 0.5) is 0 Å². The highest BCUT2D eigenvalue weighted by Crippen LogP contribution is 2.32. The van der Waals surface area contributed by atoms with E-state index in [1.165, 1.54) is 6.20 Å². The second kappa shape index (κ2) is 6.43. The summed E-state index contributed by atoms with van der Waals surface area (Å²) >= 11 is 0. The van der Waals surface area contributed by atoms with Crippen molar-refractivity contribution < 1.29 is 14.3 Å². The van der Waals surface area contributed by atoms with Crippen LogP contribution in [0.25, 0.3) is 5.65 Å². The van der Waals surface area contributed by atoms with Gasteiger partial charge in [0.2, 0.25) is 0 Å². The van der Waals surface area contributed by atoms with Crippen LogP contribution in [0.5, 0.6) is 11.5 Å². The average molecular weight is 338 g/mol. The molecule has 128 valence electrons. The fourth-order valence-corrected chi connectivity index (χ4v) is 2.79. The van der Waals surface area contributed by atoms with Crippen LogP contribution in [0.15, 0.2) is 42.9 Å². The molecule has 0 saturated carbocycles. The van der Waals surface area contributed by atoms with Crippen molar-refractivity contribution in [3.63, 3.8) is 0 Å². The lowest BCUT2D eigenvalue weighted by molar-refractivity contribution is 0.0941. The largest absolute Gasteiger partial charge is 0.490 e. The Kier molecular flexibility index (Phi) is 3.97. The molecule has 2 aromatic heterocycles. The van der Waals surface area contributed by atoms with Gasteiger partial charge >= 0.3 is 0 Å². The summed E-state index contributed by atoms with van der Waals surface area (Å²) in [4.78, 5) is 16.8. The van der Waals surface area contributed by atoms with Gasteiger partial charge in [-0.25, -0.2) is 9.50 Å². The summed E-state index contributed by atoms with van der Waals surface area (Å²) in [5.74, 6) is 1.24. The Morgan fingerprint density at radius 2 is 2.12 bits per heavy atom. The highest BCUT2D eigenvalue weighted by Gasteiger charge is 2.18. The monoisotopic (exact) mass is 338 g/mol. The number of hydrogen-bond acceptors (Lipinski definition) is 5. The lowest BCUT2D eigenvalue weighted by Gasteiger charge is -2.16. The minimum atomic E-state index is -0.215. The summed E-state index contributed by atoms with van der Waals surface area (Å²) in [5.41, 5.74) is 1.93. The molecule has 1 amide bonds. The van der Waals surface area contributed by atoms with Gasteiger partial charge in [-0.05, 0) is 30.7 Å². The highest BCUT2D eigenvalue weighted by molar-refractivity contribution is 5.99. The van der Waals surface area contributed by atoms with Crippen molar-refractivity contribution >= 4 is 11.6 Å². The molecular weight excluding hydrogens is 320 g/mol. The van der Waals surface area contributed by atoms with Crippen molar-refractivity contribution in [2.45, 2.75) is 19.4 Å². The van der Waals surface area contributed by atoms with Crippen molar-refractivity contribution in [1.29, 1.82) is 0 Å². The molecule has 1 N–H and O–H groups in total. The van der Waals surface area contributed by atoms with E-state index in [-0.39, 0.29) is 11.9 Å². The normalized spacial score (nSPS) is 14.8. The Bertz CT molecular complexity index is 922. The molecular formula is C18H18N4O3. The number of rotatable bonds is 3. The van der Waals surface area contributed by atoms with Crippen LogP contribution in [-0.4, -0.2) is 33.7 Å². The smallest absolute Gasteiger partial charge is 0.257 e. The van der Waals surface area contributed by atoms with Gasteiger partial charge in [-0.3, -0.25) is 4.79 Å². The first-order chi connectivity index (χ1) is 12.2. The molecule has 1 atom stereocenters. The molecule has 0 bridgehead atoms. The van der Waals surface area contributed by atoms with E-state index in [0.717, 1.165) is 17.7 Å². The Hall–Kier alpha value is -3.09. The lowest BCUT2D eigenvalue weighted by atomic mass is 10.1. The maximum absolute atomic E-state index is 12.6. The van der Waals surface area contributed by atoms with Crippen LogP contribution in [0.2, 0.25) is 0 Å². The van der Waals surface area contributed by atoms with Gasteiger partial charge in [0, 0.05) is 18.8 Å². The minimum absolute atomic E-state index is 0.191. The van der Waals surface area contributed by atoms with Gasteiger partial charge in [-0.1, -0.05) is 6.07 Å². The molecule has 3 heterocycles. The molecule has 4 rings (SSSR count). The molecule has 7 heteroatoms. The van der Waals surface area contributed by atoms with Crippen LogP contribution in [-0.2, 0) is 0 Å². The van der Waals surface area contributed by atoms with Gasteiger partial charge in [0.05, 0.1) is 25.5 Å². The van der Waals surface area contributed by atoms with Crippen molar-refractivity contribution in [1.82, 2.24) is 19.9 Å². The second-order valence-electron chi connectivity index (χ2n) is 5.90. The number of amides is 1. The summed E-state index contributed by atoms with van der Waals surface area (Å²) < 4.78 is 12.9. The van der Waals surface area contributed by atoms with Gasteiger partial charge in [-0.15, -0.1) is 0 Å². The fourth-order valence-electron chi connectivity index (χ4n) is 2.79. The topological polar surface area (TPSA) is 77.8 Å². The Labute approximate surface area is 144 Å². The Morgan fingerprint density at radius 3 is 3.00 bits per heavy atom. The third-order valence-corrected chi connectivity index (χ3v) is 4.14. The van der Waals surface area contributed by atoms with E-state index in [9.17, 15) is 4.79 Å². The maximum atomic E-state index is 12.6. The zero-order chi connectivity index (χ0) is 17.2. The number of fused-ring (bicyclic) bond motifs is 2.